The summed E-state index contributed by atoms with van der Waals surface area (Å²) in [4.78, 5) is 48.5. The van der Waals surface area contributed by atoms with E-state index in [1.165, 1.54) is 4.90 Å². The molecule has 0 bridgehead atoms. The molecule has 1 N–H and O–H groups in total. The maximum atomic E-state index is 14.3. The third kappa shape index (κ3) is 2.80. The van der Waals surface area contributed by atoms with Crippen LogP contribution in [0.1, 0.15) is 25.2 Å². The summed E-state index contributed by atoms with van der Waals surface area (Å²) in [6, 6.07) is 21.8. The number of halogens is 1. The van der Waals surface area contributed by atoms with Crippen molar-refractivity contribution >= 4 is 44.3 Å². The van der Waals surface area contributed by atoms with Crippen LogP contribution in [0.5, 0.6) is 0 Å². The number of para-hydroxylation sites is 2. The molecular weight excluding hydrogens is 532 g/mol. The van der Waals surface area contributed by atoms with Gasteiger partial charge in [-0.05, 0) is 48.4 Å². The molecule has 3 aromatic carbocycles. The molecule has 3 aliphatic heterocycles. The van der Waals surface area contributed by atoms with E-state index in [2.05, 4.69) is 35.1 Å². The van der Waals surface area contributed by atoms with Gasteiger partial charge in [0.15, 0.2) is 0 Å². The van der Waals surface area contributed by atoms with Crippen LogP contribution in [0.2, 0.25) is 0 Å². The highest BCUT2D eigenvalue weighted by Gasteiger charge is 2.70. The van der Waals surface area contributed by atoms with Crippen LogP contribution in [0.3, 0.4) is 0 Å². The van der Waals surface area contributed by atoms with Crippen molar-refractivity contribution in [3.8, 4) is 5.69 Å². The van der Waals surface area contributed by atoms with Crippen molar-refractivity contribution in [1.29, 1.82) is 0 Å². The molecule has 8 heteroatoms. The molecule has 4 atom stereocenters. The summed E-state index contributed by atoms with van der Waals surface area (Å²) in [5.74, 6) is -1.33. The first-order valence-electron chi connectivity index (χ1n) is 12.4. The molecule has 2 saturated heterocycles. The number of amides is 2. The zero-order valence-electron chi connectivity index (χ0n) is 20.2. The van der Waals surface area contributed by atoms with Crippen molar-refractivity contribution < 1.29 is 9.59 Å². The number of nitrogens with zero attached hydrogens (tertiary/aromatic N) is 3. The average molecular weight is 555 g/mol. The minimum absolute atomic E-state index is 0.0573. The molecule has 4 heterocycles. The second kappa shape index (κ2) is 7.69. The Balaban J connectivity index is 1.53. The summed E-state index contributed by atoms with van der Waals surface area (Å²) in [6.07, 6.45) is 0. The van der Waals surface area contributed by atoms with Gasteiger partial charge in [0.05, 0.1) is 34.1 Å². The van der Waals surface area contributed by atoms with Crippen molar-refractivity contribution in [3.05, 3.63) is 99.0 Å². The number of benzene rings is 3. The Morgan fingerprint density at radius 2 is 1.62 bits per heavy atom. The Bertz CT molecular complexity index is 1700. The molecule has 0 aliphatic carbocycles. The standard InChI is InChI=1S/C29H23BrN4O3/c1-15(2)24-22-23(27(37)33(26(22)36)17-13-11-16(30)12-14-17)29(32-24)19-8-4-6-10-21(19)34-25(35)18-7-3-5-9-20(18)31-28(29)34/h3-15,22-24,32H,1-2H3/t22-,23-,24+,29-/m1/s1. The Morgan fingerprint density at radius 1 is 0.919 bits per heavy atom. The molecule has 0 saturated carbocycles. The SMILES string of the molecule is CC(C)[C@@H]1N[C@]2(c3ccccc3-n3c2nc2ccccc2c3=O)[C@H]2C(=O)N(c3ccc(Br)cc3)C(=O)[C@@H]12. The highest BCUT2D eigenvalue weighted by molar-refractivity contribution is 9.10. The van der Waals surface area contributed by atoms with Crippen LogP contribution in [-0.4, -0.2) is 27.4 Å². The number of fused-ring (bicyclic) bond motifs is 8. The van der Waals surface area contributed by atoms with E-state index in [9.17, 15) is 14.4 Å². The van der Waals surface area contributed by atoms with Crippen molar-refractivity contribution in [2.45, 2.75) is 25.4 Å². The van der Waals surface area contributed by atoms with E-state index in [1.54, 1.807) is 22.8 Å². The summed E-state index contributed by atoms with van der Waals surface area (Å²) in [7, 11) is 0. The smallest absolute Gasteiger partial charge is 0.266 e. The summed E-state index contributed by atoms with van der Waals surface area (Å²) in [5, 5.41) is 4.23. The van der Waals surface area contributed by atoms with Gasteiger partial charge < -0.3 is 0 Å². The number of rotatable bonds is 2. The molecule has 37 heavy (non-hydrogen) atoms. The van der Waals surface area contributed by atoms with Crippen LogP contribution in [0.4, 0.5) is 5.69 Å². The Kier molecular flexibility index (Phi) is 4.69. The molecule has 2 amide bonds. The zero-order valence-corrected chi connectivity index (χ0v) is 21.8. The molecule has 3 aliphatic rings. The maximum absolute atomic E-state index is 14.3. The van der Waals surface area contributed by atoms with Gasteiger partial charge in [-0.2, -0.15) is 0 Å². The lowest BCUT2D eigenvalue weighted by Crippen LogP contribution is -2.51. The second-order valence-corrected chi connectivity index (χ2v) is 11.2. The van der Waals surface area contributed by atoms with Crippen LogP contribution >= 0.6 is 15.9 Å². The number of hydrogen-bond donors (Lipinski definition) is 1. The fourth-order valence-corrected chi connectivity index (χ4v) is 6.83. The van der Waals surface area contributed by atoms with Gasteiger partial charge >= 0.3 is 0 Å². The summed E-state index contributed by atoms with van der Waals surface area (Å²) < 4.78 is 2.49. The molecular formula is C29H23BrN4O3. The molecule has 1 spiro atoms. The number of aromatic nitrogens is 2. The highest BCUT2D eigenvalue weighted by Crippen LogP contribution is 2.56. The quantitative estimate of drug-likeness (QED) is 0.376. The number of nitrogens with one attached hydrogen (secondary N) is 1. The van der Waals surface area contributed by atoms with Crippen LogP contribution < -0.4 is 15.8 Å². The molecule has 4 aromatic rings. The van der Waals surface area contributed by atoms with Gasteiger partial charge in [0.1, 0.15) is 11.4 Å². The molecule has 1 aromatic heterocycles. The van der Waals surface area contributed by atoms with E-state index in [1.807, 2.05) is 54.6 Å². The van der Waals surface area contributed by atoms with E-state index < -0.39 is 17.4 Å². The average Bonchev–Trinajstić information content (AvgIpc) is 3.49. The van der Waals surface area contributed by atoms with Gasteiger partial charge in [0, 0.05) is 16.1 Å². The van der Waals surface area contributed by atoms with Gasteiger partial charge in [-0.1, -0.05) is 60.1 Å². The van der Waals surface area contributed by atoms with Crippen molar-refractivity contribution in [1.82, 2.24) is 14.9 Å². The monoisotopic (exact) mass is 554 g/mol. The molecule has 0 unspecified atom stereocenters. The zero-order chi connectivity index (χ0) is 25.6. The topological polar surface area (TPSA) is 84.3 Å². The maximum Gasteiger partial charge on any atom is 0.266 e. The normalized spacial score (nSPS) is 25.8. The van der Waals surface area contributed by atoms with Gasteiger partial charge in [0.2, 0.25) is 11.8 Å². The molecule has 0 radical (unpaired) electrons. The van der Waals surface area contributed by atoms with Gasteiger partial charge in [-0.3, -0.25) is 24.3 Å². The Labute approximate surface area is 221 Å². The Morgan fingerprint density at radius 3 is 2.38 bits per heavy atom. The fourth-order valence-electron chi connectivity index (χ4n) is 6.57. The van der Waals surface area contributed by atoms with Crippen molar-refractivity contribution in [3.63, 3.8) is 0 Å². The first-order chi connectivity index (χ1) is 17.8. The number of anilines is 1. The van der Waals surface area contributed by atoms with E-state index >= 15 is 0 Å². The van der Waals surface area contributed by atoms with Crippen LogP contribution in [-0.2, 0) is 15.1 Å². The van der Waals surface area contributed by atoms with E-state index in [4.69, 9.17) is 4.98 Å². The number of carbonyl (C=O) groups excluding carboxylic acids is 2. The lowest BCUT2D eigenvalue weighted by Gasteiger charge is -2.32. The van der Waals surface area contributed by atoms with Crippen molar-refractivity contribution in [2.24, 2.45) is 17.8 Å². The molecule has 2 fully saturated rings. The van der Waals surface area contributed by atoms with E-state index in [0.29, 0.717) is 28.1 Å². The lowest BCUT2D eigenvalue weighted by atomic mass is 9.75. The predicted octanol–water partition coefficient (Wildman–Crippen LogP) is 4.14. The van der Waals surface area contributed by atoms with E-state index in [0.717, 1.165) is 10.0 Å². The fraction of sp³-hybridized carbons (Fsp3) is 0.241. The summed E-state index contributed by atoms with van der Waals surface area (Å²) in [5.41, 5.74) is 1.30. The molecule has 7 nitrogen and oxygen atoms in total. The van der Waals surface area contributed by atoms with Crippen LogP contribution in [0.25, 0.3) is 16.6 Å². The minimum atomic E-state index is -1.11. The highest BCUT2D eigenvalue weighted by atomic mass is 79.9. The number of imide groups is 1. The number of hydrogen-bond acceptors (Lipinski definition) is 5. The van der Waals surface area contributed by atoms with Crippen LogP contribution in [0, 0.1) is 17.8 Å². The van der Waals surface area contributed by atoms with E-state index in [-0.39, 0.29) is 29.3 Å². The van der Waals surface area contributed by atoms with Gasteiger partial charge in [-0.15, -0.1) is 0 Å². The minimum Gasteiger partial charge on any atom is -0.296 e. The first-order valence-corrected chi connectivity index (χ1v) is 13.2. The van der Waals surface area contributed by atoms with Crippen molar-refractivity contribution in [2.75, 3.05) is 4.90 Å². The summed E-state index contributed by atoms with van der Waals surface area (Å²) in [6.45, 7) is 4.10. The third-order valence-electron chi connectivity index (χ3n) is 8.10. The lowest BCUT2D eigenvalue weighted by molar-refractivity contribution is -0.123. The van der Waals surface area contributed by atoms with Gasteiger partial charge in [0.25, 0.3) is 5.56 Å². The van der Waals surface area contributed by atoms with Crippen LogP contribution in [0.15, 0.2) is 82.1 Å². The predicted molar refractivity (Wildman–Crippen MR) is 143 cm³/mol. The Hall–Kier alpha value is -3.62. The second-order valence-electron chi connectivity index (χ2n) is 10.3. The van der Waals surface area contributed by atoms with Gasteiger partial charge in [-0.25, -0.2) is 9.88 Å². The number of carbonyl (C=O) groups is 2. The first kappa shape index (κ1) is 22.6. The third-order valence-corrected chi connectivity index (χ3v) is 8.63. The largest absolute Gasteiger partial charge is 0.296 e. The molecule has 7 rings (SSSR count). The molecule has 184 valence electrons. The summed E-state index contributed by atoms with van der Waals surface area (Å²) >= 11 is 3.43.